The average Bonchev–Trinajstić information content (AvgIpc) is 3.55. The van der Waals surface area contributed by atoms with Crippen molar-refractivity contribution in [2.24, 2.45) is 0 Å². The van der Waals surface area contributed by atoms with Gasteiger partial charge in [-0.05, 0) is 103 Å². The molecule has 0 aliphatic heterocycles. The lowest BCUT2D eigenvalue weighted by Gasteiger charge is -2.27. The minimum Gasteiger partial charge on any atom is -1.00 e. The zero-order valence-corrected chi connectivity index (χ0v) is 58.5. The summed E-state index contributed by atoms with van der Waals surface area (Å²) >= 11 is 0. The number of esters is 4. The van der Waals surface area contributed by atoms with Gasteiger partial charge in [-0.3, -0.25) is 19.3 Å². The van der Waals surface area contributed by atoms with Crippen LogP contribution in [-0.2, 0) is 57.4 Å². The fourth-order valence-electron chi connectivity index (χ4n) is 10.3. The van der Waals surface area contributed by atoms with Gasteiger partial charge in [0.25, 0.3) is 0 Å². The molecule has 518 valence electrons. The van der Waals surface area contributed by atoms with Crippen molar-refractivity contribution in [1.82, 2.24) is 0 Å². The summed E-state index contributed by atoms with van der Waals surface area (Å²) in [7, 11) is 6.67. The molecule has 0 rings (SSSR count). The normalized spacial score (nSPS) is 13.1. The van der Waals surface area contributed by atoms with Crippen LogP contribution >= 0.6 is 0 Å². The van der Waals surface area contributed by atoms with Crippen LogP contribution in [0.25, 0.3) is 0 Å². The summed E-state index contributed by atoms with van der Waals surface area (Å²) < 4.78 is 22.0. The second-order valence-electron chi connectivity index (χ2n) is 25.2. The standard InChI is InChI=1S/C70H130N2O14.2ClH/c1-9-13-17-31-45-55-67(77)85-71(5,6)59-69(79)83-63(51-39-15-11-3)61(73)49-41-33-25-19-21-27-35-43-53-65(75)81-57-47-37-29-23-24-30-38-48-58-82-66(76)54-44-36-28-22-20-26-34-42-50-62(74)64(52-40-16-12-4)84-70(80)60-72(7,8)86-68(78)56-46-32-18-14-10-2;;/h33-34,41-42,61-64,73-74H,9-32,35-40,43-60H2,1-8H3;2*1H/q+2;;/p-2/b41-33-,42-34-;;. The van der Waals surface area contributed by atoms with E-state index in [2.05, 4.69) is 39.8 Å². The molecule has 16 nitrogen and oxygen atoms in total. The van der Waals surface area contributed by atoms with Gasteiger partial charge in [-0.2, -0.15) is 0 Å². The van der Waals surface area contributed by atoms with Crippen molar-refractivity contribution < 1.29 is 102 Å². The molecule has 0 amide bonds. The first-order valence-corrected chi connectivity index (χ1v) is 34.9. The first-order valence-electron chi connectivity index (χ1n) is 34.9. The van der Waals surface area contributed by atoms with E-state index >= 15 is 0 Å². The van der Waals surface area contributed by atoms with Crippen LogP contribution in [0.1, 0.15) is 310 Å². The Labute approximate surface area is 548 Å². The number of aliphatic hydroxyl groups is 2. The second kappa shape index (κ2) is 61.2. The Kier molecular flexibility index (Phi) is 61.9. The maximum absolute atomic E-state index is 12.9. The van der Waals surface area contributed by atoms with E-state index in [0.29, 0.717) is 64.6 Å². The van der Waals surface area contributed by atoms with Gasteiger partial charge in [0.2, 0.25) is 13.1 Å². The highest BCUT2D eigenvalue weighted by molar-refractivity contribution is 5.72. The highest BCUT2D eigenvalue weighted by atomic mass is 35.5. The maximum atomic E-state index is 12.9. The molecule has 0 aromatic carbocycles. The zero-order valence-electron chi connectivity index (χ0n) is 57.0. The van der Waals surface area contributed by atoms with Gasteiger partial charge >= 0.3 is 35.8 Å². The van der Waals surface area contributed by atoms with E-state index in [1.165, 1.54) is 0 Å². The van der Waals surface area contributed by atoms with Crippen LogP contribution < -0.4 is 24.8 Å². The van der Waals surface area contributed by atoms with Gasteiger partial charge in [-0.1, -0.05) is 206 Å². The Bertz CT molecular complexity index is 1640. The molecule has 0 radical (unpaired) electrons. The van der Waals surface area contributed by atoms with Gasteiger partial charge in [0.15, 0.2) is 0 Å². The van der Waals surface area contributed by atoms with Gasteiger partial charge in [-0.25, -0.2) is 19.2 Å². The third-order valence-electron chi connectivity index (χ3n) is 15.5. The molecule has 0 aromatic rings. The Morgan fingerprint density at radius 2 is 0.614 bits per heavy atom. The number of aliphatic hydroxyl groups excluding tert-OH is 2. The summed E-state index contributed by atoms with van der Waals surface area (Å²) in [5, 5.41) is 22.0. The molecule has 18 heteroatoms. The number of carbonyl (C=O) groups is 6. The Balaban J connectivity index is -0.0000361. The number of hydroxylamine groups is 6. The van der Waals surface area contributed by atoms with Crippen molar-refractivity contribution in [1.29, 1.82) is 0 Å². The number of hydrogen-bond acceptors (Lipinski definition) is 14. The number of quaternary nitrogens is 2. The van der Waals surface area contributed by atoms with Crippen molar-refractivity contribution in [2.75, 3.05) is 54.5 Å². The highest BCUT2D eigenvalue weighted by Crippen LogP contribution is 2.20. The van der Waals surface area contributed by atoms with Crippen LogP contribution in [-0.4, -0.2) is 134 Å². The molecule has 4 unspecified atom stereocenters. The number of hydrogen-bond donors (Lipinski definition) is 2. The van der Waals surface area contributed by atoms with Crippen molar-refractivity contribution in [3.63, 3.8) is 0 Å². The number of ether oxygens (including phenoxy) is 4. The summed E-state index contributed by atoms with van der Waals surface area (Å²) in [4.78, 5) is 86.2. The molecular weight excluding hydrogens is 1160 g/mol. The smallest absolute Gasteiger partial charge is 0.366 e. The summed E-state index contributed by atoms with van der Waals surface area (Å²) in [5.74, 6) is -1.85. The third-order valence-corrected chi connectivity index (χ3v) is 15.5. The Hall–Kier alpha value is -3.28. The lowest BCUT2D eigenvalue weighted by Crippen LogP contribution is -3.00. The molecule has 0 bridgehead atoms. The molecule has 0 aliphatic carbocycles. The molecule has 0 spiro atoms. The summed E-state index contributed by atoms with van der Waals surface area (Å²) in [6, 6.07) is 0. The molecule has 0 aromatic heterocycles. The molecule has 0 aliphatic rings. The highest BCUT2D eigenvalue weighted by Gasteiger charge is 2.32. The fraction of sp³-hybridized carbons (Fsp3) is 0.857. The van der Waals surface area contributed by atoms with Gasteiger partial charge in [0, 0.05) is 12.8 Å². The lowest BCUT2D eigenvalue weighted by atomic mass is 10.0. The second-order valence-corrected chi connectivity index (χ2v) is 25.2. The Morgan fingerprint density at radius 3 is 0.943 bits per heavy atom. The monoisotopic (exact) mass is 1290 g/mol. The van der Waals surface area contributed by atoms with Crippen LogP contribution in [0.2, 0.25) is 0 Å². The van der Waals surface area contributed by atoms with Crippen molar-refractivity contribution in [2.45, 2.75) is 335 Å². The minimum absolute atomic E-state index is 0. The number of halogens is 2. The van der Waals surface area contributed by atoms with E-state index in [4.69, 9.17) is 28.6 Å². The van der Waals surface area contributed by atoms with Gasteiger partial charge in [0.1, 0.15) is 40.4 Å². The van der Waals surface area contributed by atoms with Crippen LogP contribution in [0.5, 0.6) is 0 Å². The van der Waals surface area contributed by atoms with E-state index in [-0.39, 0.29) is 71.1 Å². The first-order chi connectivity index (χ1) is 41.4. The molecule has 88 heavy (non-hydrogen) atoms. The predicted molar refractivity (Wildman–Crippen MR) is 344 cm³/mol. The molecule has 0 fully saturated rings. The summed E-state index contributed by atoms with van der Waals surface area (Å²) in [5.41, 5.74) is 0. The molecule has 0 saturated heterocycles. The number of likely N-dealkylation sites (N-methyl/N-ethyl adjacent to an activating group) is 2. The van der Waals surface area contributed by atoms with Crippen LogP contribution in [0.4, 0.5) is 0 Å². The van der Waals surface area contributed by atoms with E-state index in [9.17, 15) is 39.0 Å². The van der Waals surface area contributed by atoms with Gasteiger partial charge in [0.05, 0.1) is 38.3 Å². The van der Waals surface area contributed by atoms with Crippen molar-refractivity contribution in [3.8, 4) is 0 Å². The van der Waals surface area contributed by atoms with Crippen LogP contribution in [0.3, 0.4) is 0 Å². The van der Waals surface area contributed by atoms with Crippen molar-refractivity contribution in [3.05, 3.63) is 24.3 Å². The topological polar surface area (TPSA) is 198 Å². The molecule has 4 atom stereocenters. The fourth-order valence-corrected chi connectivity index (χ4v) is 10.3. The average molecular weight is 1290 g/mol. The quantitative estimate of drug-likeness (QED) is 0.0146. The molecule has 0 heterocycles. The van der Waals surface area contributed by atoms with Gasteiger partial charge in [-0.15, -0.1) is 9.29 Å². The van der Waals surface area contributed by atoms with Crippen molar-refractivity contribution >= 4 is 35.8 Å². The largest absolute Gasteiger partial charge is 1.00 e. The minimum atomic E-state index is -0.809. The van der Waals surface area contributed by atoms with E-state index < -0.39 is 36.4 Å². The number of rotatable bonds is 61. The zero-order chi connectivity index (χ0) is 63.8. The van der Waals surface area contributed by atoms with E-state index in [0.717, 1.165) is 231 Å². The summed E-state index contributed by atoms with van der Waals surface area (Å²) in [6.45, 7) is 9.25. The first kappa shape index (κ1) is 88.9. The SMILES string of the molecule is CCCCCCCC(=O)O[N+](C)(C)CC(=O)OC(CCCCC)C(O)C/C=C\CCCCCCCC(=O)OCCCCCCCCCCOC(=O)CCCCCCC/C=C\CC(O)C(CCCCC)OC(=O)C[N+](C)(C)OC(=O)CCCCCCC.[Cl-].[Cl-]. The third kappa shape index (κ3) is 57.8. The molecule has 2 N–H and O–H groups in total. The van der Waals surface area contributed by atoms with Crippen LogP contribution in [0, 0.1) is 0 Å². The van der Waals surface area contributed by atoms with E-state index in [1.54, 1.807) is 28.2 Å². The van der Waals surface area contributed by atoms with Crippen LogP contribution in [0.15, 0.2) is 24.3 Å². The number of unbranched alkanes of at least 4 members (excludes halogenated alkanes) is 29. The van der Waals surface area contributed by atoms with Gasteiger partial charge < -0.3 is 54.0 Å². The van der Waals surface area contributed by atoms with E-state index in [1.807, 2.05) is 12.2 Å². The number of nitrogens with zero attached hydrogens (tertiary/aromatic N) is 2. The number of carbonyl (C=O) groups excluding carboxylic acids is 6. The predicted octanol–water partition coefficient (Wildman–Crippen LogP) is 10.1. The Morgan fingerprint density at radius 1 is 0.341 bits per heavy atom. The summed E-state index contributed by atoms with van der Waals surface area (Å²) in [6.07, 6.45) is 45.1. The molecular formula is C70H130Cl2N2O14. The molecule has 0 saturated carbocycles. The maximum Gasteiger partial charge on any atom is 0.366 e. The number of allylic oxidation sites excluding steroid dienone is 2. The lowest BCUT2D eigenvalue weighted by molar-refractivity contribution is -1.05.